The molecule has 3 rings (SSSR count). The summed E-state index contributed by atoms with van der Waals surface area (Å²) in [5.74, 6) is -0.0242. The highest BCUT2D eigenvalue weighted by atomic mass is 127. The first-order valence-electron chi connectivity index (χ1n) is 5.83. The predicted octanol–water partition coefficient (Wildman–Crippen LogP) is 5.42. The fourth-order valence-electron chi connectivity index (χ4n) is 2.12. The third-order valence-corrected chi connectivity index (χ3v) is 4.76. The fraction of sp³-hybridized carbons (Fsp3) is 0. The standard InChI is InChI=1S/C15H8BrClINO/c16-12-5-4-8(18)6-10(12)15(20)11-7-19-14-9(11)2-1-3-13(14)17/h1-7,19H. The van der Waals surface area contributed by atoms with Gasteiger partial charge in [-0.2, -0.15) is 0 Å². The molecule has 2 nitrogen and oxygen atoms in total. The third-order valence-electron chi connectivity index (χ3n) is 3.08. The Morgan fingerprint density at radius 3 is 2.80 bits per heavy atom. The molecule has 0 fully saturated rings. The molecule has 0 aliphatic carbocycles. The first-order valence-corrected chi connectivity index (χ1v) is 8.08. The Hall–Kier alpha value is -0.850. The van der Waals surface area contributed by atoms with E-state index in [0.717, 1.165) is 18.9 Å². The van der Waals surface area contributed by atoms with Gasteiger partial charge in [0, 0.05) is 30.8 Å². The topological polar surface area (TPSA) is 32.9 Å². The van der Waals surface area contributed by atoms with E-state index < -0.39 is 0 Å². The van der Waals surface area contributed by atoms with E-state index in [1.165, 1.54) is 0 Å². The summed E-state index contributed by atoms with van der Waals surface area (Å²) in [6, 6.07) is 11.3. The zero-order valence-corrected chi connectivity index (χ0v) is 14.6. The van der Waals surface area contributed by atoms with Crippen LogP contribution in [0.1, 0.15) is 15.9 Å². The first-order chi connectivity index (χ1) is 9.58. The van der Waals surface area contributed by atoms with Gasteiger partial charge < -0.3 is 4.98 Å². The van der Waals surface area contributed by atoms with Crippen molar-refractivity contribution < 1.29 is 4.79 Å². The van der Waals surface area contributed by atoms with Crippen molar-refractivity contribution in [3.63, 3.8) is 0 Å². The Labute approximate surface area is 142 Å². The summed E-state index contributed by atoms with van der Waals surface area (Å²) in [6.45, 7) is 0. The van der Waals surface area contributed by atoms with E-state index >= 15 is 0 Å². The van der Waals surface area contributed by atoms with Crippen LogP contribution in [0.25, 0.3) is 10.9 Å². The van der Waals surface area contributed by atoms with Crippen LogP contribution in [0.4, 0.5) is 0 Å². The number of nitrogens with one attached hydrogen (secondary N) is 1. The van der Waals surface area contributed by atoms with E-state index in [1.807, 2.05) is 30.3 Å². The number of carbonyl (C=O) groups is 1. The van der Waals surface area contributed by atoms with Crippen molar-refractivity contribution in [1.82, 2.24) is 4.98 Å². The van der Waals surface area contributed by atoms with Crippen LogP contribution in [-0.4, -0.2) is 10.8 Å². The number of hydrogen-bond donors (Lipinski definition) is 1. The van der Waals surface area contributed by atoms with Gasteiger partial charge in [0.1, 0.15) is 0 Å². The highest BCUT2D eigenvalue weighted by Crippen LogP contribution is 2.29. The van der Waals surface area contributed by atoms with Crippen LogP contribution in [0.15, 0.2) is 47.1 Å². The number of benzene rings is 2. The van der Waals surface area contributed by atoms with Crippen LogP contribution in [-0.2, 0) is 0 Å². The largest absolute Gasteiger partial charge is 0.359 e. The summed E-state index contributed by atoms with van der Waals surface area (Å²) < 4.78 is 1.81. The van der Waals surface area contributed by atoms with Gasteiger partial charge >= 0.3 is 0 Å². The van der Waals surface area contributed by atoms with E-state index in [2.05, 4.69) is 43.5 Å². The van der Waals surface area contributed by atoms with E-state index in [9.17, 15) is 4.79 Å². The smallest absolute Gasteiger partial charge is 0.196 e. The molecule has 20 heavy (non-hydrogen) atoms. The van der Waals surface area contributed by atoms with Crippen LogP contribution < -0.4 is 0 Å². The number of halogens is 3. The minimum Gasteiger partial charge on any atom is -0.359 e. The zero-order chi connectivity index (χ0) is 14.3. The monoisotopic (exact) mass is 459 g/mol. The highest BCUT2D eigenvalue weighted by Gasteiger charge is 2.17. The van der Waals surface area contributed by atoms with Crippen molar-refractivity contribution in [2.24, 2.45) is 0 Å². The molecule has 0 aliphatic rings. The number of carbonyl (C=O) groups excluding carboxylic acids is 1. The van der Waals surface area contributed by atoms with Gasteiger partial charge in [0.2, 0.25) is 0 Å². The number of rotatable bonds is 2. The summed E-state index contributed by atoms with van der Waals surface area (Å²) >= 11 is 11.8. The van der Waals surface area contributed by atoms with Crippen LogP contribution >= 0.6 is 50.1 Å². The average Bonchev–Trinajstić information content (AvgIpc) is 2.86. The van der Waals surface area contributed by atoms with Gasteiger partial charge in [0.25, 0.3) is 0 Å². The molecule has 0 spiro atoms. The van der Waals surface area contributed by atoms with Gasteiger partial charge in [-0.3, -0.25) is 4.79 Å². The zero-order valence-electron chi connectivity index (χ0n) is 10.1. The molecule has 5 heteroatoms. The van der Waals surface area contributed by atoms with Gasteiger partial charge in [-0.1, -0.05) is 39.7 Å². The lowest BCUT2D eigenvalue weighted by molar-refractivity contribution is 0.103. The van der Waals surface area contributed by atoms with E-state index in [0.29, 0.717) is 16.1 Å². The molecular formula is C15H8BrClINO. The van der Waals surface area contributed by atoms with Crippen LogP contribution in [0, 0.1) is 3.57 Å². The van der Waals surface area contributed by atoms with E-state index in [1.54, 1.807) is 12.3 Å². The van der Waals surface area contributed by atoms with Crippen molar-refractivity contribution in [3.05, 3.63) is 66.8 Å². The number of hydrogen-bond acceptors (Lipinski definition) is 1. The van der Waals surface area contributed by atoms with Gasteiger partial charge in [-0.05, 0) is 46.9 Å². The Morgan fingerprint density at radius 1 is 1.20 bits per heavy atom. The summed E-state index contributed by atoms with van der Waals surface area (Å²) in [5.41, 5.74) is 2.07. The molecule has 0 radical (unpaired) electrons. The molecule has 100 valence electrons. The van der Waals surface area contributed by atoms with Crippen molar-refractivity contribution in [3.8, 4) is 0 Å². The summed E-state index contributed by atoms with van der Waals surface area (Å²) in [6.07, 6.45) is 1.71. The molecule has 0 bridgehead atoms. The van der Waals surface area contributed by atoms with Crippen LogP contribution in [0.3, 0.4) is 0 Å². The molecule has 3 aromatic rings. The number of ketones is 1. The van der Waals surface area contributed by atoms with E-state index in [4.69, 9.17) is 11.6 Å². The van der Waals surface area contributed by atoms with Crippen molar-refractivity contribution in [2.45, 2.75) is 0 Å². The molecule has 1 heterocycles. The molecule has 0 aliphatic heterocycles. The quantitative estimate of drug-likeness (QED) is 0.402. The maximum atomic E-state index is 12.7. The Balaban J connectivity index is 2.18. The molecule has 0 saturated heterocycles. The normalized spacial score (nSPS) is 10.9. The van der Waals surface area contributed by atoms with Crippen LogP contribution in [0.2, 0.25) is 5.02 Å². The molecule has 1 aromatic heterocycles. The van der Waals surface area contributed by atoms with Crippen LogP contribution in [0.5, 0.6) is 0 Å². The molecule has 0 unspecified atom stereocenters. The number of H-pyrrole nitrogens is 1. The third kappa shape index (κ3) is 2.40. The van der Waals surface area contributed by atoms with Crippen molar-refractivity contribution in [2.75, 3.05) is 0 Å². The molecular weight excluding hydrogens is 452 g/mol. The number of aromatic amines is 1. The second-order valence-electron chi connectivity index (χ2n) is 4.32. The minimum atomic E-state index is -0.0242. The summed E-state index contributed by atoms with van der Waals surface area (Å²) in [4.78, 5) is 15.8. The van der Waals surface area contributed by atoms with E-state index in [-0.39, 0.29) is 5.78 Å². The lowest BCUT2D eigenvalue weighted by Crippen LogP contribution is -2.02. The number of para-hydroxylation sites is 1. The second-order valence-corrected chi connectivity index (χ2v) is 6.83. The SMILES string of the molecule is O=C(c1cc(I)ccc1Br)c1c[nH]c2c(Cl)cccc12. The van der Waals surface area contributed by atoms with Crippen molar-refractivity contribution in [1.29, 1.82) is 0 Å². The molecule has 0 amide bonds. The van der Waals surface area contributed by atoms with Gasteiger partial charge in [0.15, 0.2) is 5.78 Å². The Kier molecular flexibility index (Phi) is 3.88. The fourth-order valence-corrected chi connectivity index (χ4v) is 3.27. The minimum absolute atomic E-state index is 0.0242. The lowest BCUT2D eigenvalue weighted by Gasteiger charge is -2.04. The van der Waals surface area contributed by atoms with Gasteiger partial charge in [0.05, 0.1) is 10.5 Å². The highest BCUT2D eigenvalue weighted by molar-refractivity contribution is 14.1. The molecule has 1 N–H and O–H groups in total. The molecule has 2 aromatic carbocycles. The van der Waals surface area contributed by atoms with Gasteiger partial charge in [-0.15, -0.1) is 0 Å². The second kappa shape index (κ2) is 5.50. The first kappa shape index (κ1) is 14.1. The average molecular weight is 460 g/mol. The van der Waals surface area contributed by atoms with Gasteiger partial charge in [-0.25, -0.2) is 0 Å². The predicted molar refractivity (Wildman–Crippen MR) is 93.6 cm³/mol. The number of aromatic nitrogens is 1. The van der Waals surface area contributed by atoms with Crippen molar-refractivity contribution >= 4 is 66.8 Å². The summed E-state index contributed by atoms with van der Waals surface area (Å²) in [5, 5.41) is 1.46. The maximum Gasteiger partial charge on any atom is 0.196 e. The molecule has 0 atom stereocenters. The maximum absolute atomic E-state index is 12.7. The lowest BCUT2D eigenvalue weighted by atomic mass is 10.0. The summed E-state index contributed by atoms with van der Waals surface area (Å²) in [7, 11) is 0. The molecule has 0 saturated carbocycles. The Morgan fingerprint density at radius 2 is 2.00 bits per heavy atom. The number of fused-ring (bicyclic) bond motifs is 1. The Bertz CT molecular complexity index is 828.